The lowest BCUT2D eigenvalue weighted by atomic mass is 10.0. The maximum absolute atomic E-state index is 12.7. The summed E-state index contributed by atoms with van der Waals surface area (Å²) < 4.78 is 1.49. The van der Waals surface area contributed by atoms with Gasteiger partial charge in [0.1, 0.15) is 11.2 Å². The highest BCUT2D eigenvalue weighted by Crippen LogP contribution is 2.25. The fourth-order valence-electron chi connectivity index (χ4n) is 2.50. The van der Waals surface area contributed by atoms with E-state index in [4.69, 9.17) is 0 Å². The second-order valence-corrected chi connectivity index (χ2v) is 5.64. The van der Waals surface area contributed by atoms with Crippen LogP contribution in [0.5, 0.6) is 0 Å². The van der Waals surface area contributed by atoms with Crippen LogP contribution < -0.4 is 0 Å². The minimum atomic E-state index is -0.0833. The number of tetrazole rings is 1. The van der Waals surface area contributed by atoms with Crippen LogP contribution in [0.1, 0.15) is 28.9 Å². The molecule has 3 rings (SSSR count). The van der Waals surface area contributed by atoms with Gasteiger partial charge < -0.3 is 10.0 Å². The first-order valence-electron chi connectivity index (χ1n) is 6.54. The Morgan fingerprint density at radius 3 is 3.15 bits per heavy atom. The van der Waals surface area contributed by atoms with Crippen LogP contribution in [-0.2, 0) is 0 Å². The normalized spacial score (nSPS) is 19.2. The molecule has 0 saturated carbocycles. The predicted octanol–water partition coefficient (Wildman–Crippen LogP) is 0.711. The quantitative estimate of drug-likeness (QED) is 0.901. The molecule has 1 amide bonds. The molecule has 1 fully saturated rings. The largest absolute Gasteiger partial charge is 0.394 e. The van der Waals surface area contributed by atoms with Crippen LogP contribution in [0.25, 0.3) is 5.69 Å². The Morgan fingerprint density at radius 1 is 1.50 bits per heavy atom. The number of thiophene rings is 1. The molecule has 0 bridgehead atoms. The summed E-state index contributed by atoms with van der Waals surface area (Å²) in [6, 6.07) is 1.74. The number of rotatable bonds is 3. The van der Waals surface area contributed by atoms with Crippen LogP contribution in [0.4, 0.5) is 0 Å². The van der Waals surface area contributed by atoms with E-state index < -0.39 is 0 Å². The molecule has 1 N–H and O–H groups in total. The number of piperidine rings is 1. The summed E-state index contributed by atoms with van der Waals surface area (Å²) in [6.07, 6.45) is 4.36. The van der Waals surface area contributed by atoms with Crippen molar-refractivity contribution in [3.05, 3.63) is 22.7 Å². The number of hydrogen-bond donors (Lipinski definition) is 1. The highest BCUT2D eigenvalue weighted by molar-refractivity contribution is 7.12. The standard InChI is InChI=1S/C12H15N5O2S/c18-7-9-3-1-2-5-16(9)12(19)11-10(4-6-20-11)17-8-13-14-15-17/h4,6,8-9,18H,1-3,5,7H2. The van der Waals surface area contributed by atoms with E-state index in [9.17, 15) is 9.90 Å². The average Bonchev–Trinajstić information content (AvgIpc) is 3.16. The summed E-state index contributed by atoms with van der Waals surface area (Å²) in [5.74, 6) is -0.0516. The fourth-order valence-corrected chi connectivity index (χ4v) is 3.34. The molecule has 0 aromatic carbocycles. The SMILES string of the molecule is O=C(c1sccc1-n1cnnn1)N1CCCCC1CO. The predicted molar refractivity (Wildman–Crippen MR) is 72.8 cm³/mol. The molecular weight excluding hydrogens is 278 g/mol. The number of hydrogen-bond acceptors (Lipinski definition) is 6. The molecule has 0 aliphatic carbocycles. The summed E-state index contributed by atoms with van der Waals surface area (Å²) in [6.45, 7) is 0.703. The van der Waals surface area contributed by atoms with Crippen molar-refractivity contribution in [1.29, 1.82) is 0 Å². The number of carbonyl (C=O) groups excluding carboxylic acids is 1. The Morgan fingerprint density at radius 2 is 2.40 bits per heavy atom. The molecule has 1 aliphatic heterocycles. The summed E-state index contributed by atoms with van der Waals surface area (Å²) >= 11 is 1.37. The van der Waals surface area contributed by atoms with Crippen LogP contribution in [0.3, 0.4) is 0 Å². The lowest BCUT2D eigenvalue weighted by Gasteiger charge is -2.34. The van der Waals surface area contributed by atoms with Crippen molar-refractivity contribution in [2.24, 2.45) is 0 Å². The Bertz CT molecular complexity index is 582. The number of likely N-dealkylation sites (tertiary alicyclic amines) is 1. The van der Waals surface area contributed by atoms with Crippen LogP contribution in [0, 0.1) is 0 Å². The van der Waals surface area contributed by atoms with Crippen molar-refractivity contribution in [3.63, 3.8) is 0 Å². The van der Waals surface area contributed by atoms with Gasteiger partial charge >= 0.3 is 0 Å². The van der Waals surface area contributed by atoms with E-state index >= 15 is 0 Å². The molecule has 1 aliphatic rings. The topological polar surface area (TPSA) is 84.1 Å². The minimum absolute atomic E-state index is 0.0112. The van der Waals surface area contributed by atoms with Gasteiger partial charge in [-0.05, 0) is 41.1 Å². The van der Waals surface area contributed by atoms with E-state index in [2.05, 4.69) is 15.5 Å². The van der Waals surface area contributed by atoms with Crippen molar-refractivity contribution >= 4 is 17.2 Å². The third-order valence-electron chi connectivity index (χ3n) is 3.53. The number of aromatic nitrogens is 4. The van der Waals surface area contributed by atoms with Crippen LogP contribution in [0.15, 0.2) is 17.8 Å². The van der Waals surface area contributed by atoms with Crippen LogP contribution in [-0.4, -0.2) is 55.3 Å². The van der Waals surface area contributed by atoms with E-state index in [1.54, 1.807) is 4.90 Å². The second-order valence-electron chi connectivity index (χ2n) is 4.72. The van der Waals surface area contributed by atoms with Gasteiger partial charge in [0.25, 0.3) is 5.91 Å². The molecule has 2 aromatic heterocycles. The smallest absolute Gasteiger partial charge is 0.266 e. The molecule has 106 valence electrons. The van der Waals surface area contributed by atoms with Gasteiger partial charge in [-0.15, -0.1) is 16.4 Å². The van der Waals surface area contributed by atoms with Gasteiger partial charge in [0.05, 0.1) is 18.3 Å². The third kappa shape index (κ3) is 2.32. The van der Waals surface area contributed by atoms with Crippen molar-refractivity contribution < 1.29 is 9.90 Å². The zero-order chi connectivity index (χ0) is 13.9. The highest BCUT2D eigenvalue weighted by Gasteiger charge is 2.29. The second kappa shape index (κ2) is 5.68. The minimum Gasteiger partial charge on any atom is -0.394 e. The van der Waals surface area contributed by atoms with Crippen molar-refractivity contribution in [2.45, 2.75) is 25.3 Å². The zero-order valence-corrected chi connectivity index (χ0v) is 11.7. The Kier molecular flexibility index (Phi) is 3.75. The third-order valence-corrected chi connectivity index (χ3v) is 4.42. The maximum Gasteiger partial charge on any atom is 0.266 e. The first-order chi connectivity index (χ1) is 9.81. The van der Waals surface area contributed by atoms with E-state index in [0.717, 1.165) is 19.3 Å². The van der Waals surface area contributed by atoms with E-state index in [-0.39, 0.29) is 18.6 Å². The Hall–Kier alpha value is -1.80. The number of carbonyl (C=O) groups is 1. The first-order valence-corrected chi connectivity index (χ1v) is 7.42. The molecule has 3 heterocycles. The number of amides is 1. The monoisotopic (exact) mass is 293 g/mol. The highest BCUT2D eigenvalue weighted by atomic mass is 32.1. The van der Waals surface area contributed by atoms with Gasteiger partial charge in [0.15, 0.2) is 0 Å². The molecule has 1 unspecified atom stereocenters. The molecule has 20 heavy (non-hydrogen) atoms. The van der Waals surface area contributed by atoms with Gasteiger partial charge in [0.2, 0.25) is 0 Å². The number of nitrogens with zero attached hydrogens (tertiary/aromatic N) is 5. The molecular formula is C12H15N5O2S. The summed E-state index contributed by atoms with van der Waals surface area (Å²) in [5.41, 5.74) is 0.687. The number of aliphatic hydroxyl groups excluding tert-OH is 1. The van der Waals surface area contributed by atoms with Crippen molar-refractivity contribution in [2.75, 3.05) is 13.2 Å². The molecule has 0 spiro atoms. The maximum atomic E-state index is 12.7. The Labute approximate surface area is 119 Å². The van der Waals surface area contributed by atoms with Gasteiger partial charge in [-0.25, -0.2) is 0 Å². The van der Waals surface area contributed by atoms with E-state index in [1.165, 1.54) is 22.3 Å². The average molecular weight is 293 g/mol. The van der Waals surface area contributed by atoms with E-state index in [0.29, 0.717) is 17.1 Å². The lowest BCUT2D eigenvalue weighted by Crippen LogP contribution is -2.45. The first kappa shape index (κ1) is 13.2. The van der Waals surface area contributed by atoms with Gasteiger partial charge in [-0.3, -0.25) is 4.79 Å². The molecule has 1 saturated heterocycles. The van der Waals surface area contributed by atoms with E-state index in [1.807, 2.05) is 11.4 Å². The number of aliphatic hydroxyl groups is 1. The Balaban J connectivity index is 1.89. The molecule has 1 atom stereocenters. The molecule has 0 radical (unpaired) electrons. The van der Waals surface area contributed by atoms with Crippen molar-refractivity contribution in [3.8, 4) is 5.69 Å². The molecule has 7 nitrogen and oxygen atoms in total. The van der Waals surface area contributed by atoms with Crippen molar-refractivity contribution in [1.82, 2.24) is 25.1 Å². The molecule has 2 aromatic rings. The van der Waals surface area contributed by atoms with Gasteiger partial charge in [-0.2, -0.15) is 4.68 Å². The summed E-state index contributed by atoms with van der Waals surface area (Å²) in [5, 5.41) is 22.3. The van der Waals surface area contributed by atoms with Gasteiger partial charge in [-0.1, -0.05) is 0 Å². The summed E-state index contributed by atoms with van der Waals surface area (Å²) in [7, 11) is 0. The lowest BCUT2D eigenvalue weighted by molar-refractivity contribution is 0.0507. The van der Waals surface area contributed by atoms with Crippen LogP contribution >= 0.6 is 11.3 Å². The fraction of sp³-hybridized carbons (Fsp3) is 0.500. The molecule has 8 heteroatoms. The van der Waals surface area contributed by atoms with Crippen LogP contribution in [0.2, 0.25) is 0 Å². The van der Waals surface area contributed by atoms with Gasteiger partial charge in [0, 0.05) is 6.54 Å². The summed E-state index contributed by atoms with van der Waals surface area (Å²) in [4.78, 5) is 15.1. The zero-order valence-electron chi connectivity index (χ0n) is 10.8.